The number of carbonyl (C=O) groups excluding carboxylic acids is 1. The number of hydrogen-bond donors (Lipinski definition) is 1. The van der Waals surface area contributed by atoms with E-state index in [2.05, 4.69) is 15.3 Å². The van der Waals surface area contributed by atoms with Crippen molar-refractivity contribution in [1.29, 1.82) is 0 Å². The third-order valence-electron chi connectivity index (χ3n) is 3.49. The molecule has 0 fully saturated rings. The number of thiazole rings is 2. The second-order valence-electron chi connectivity index (χ2n) is 5.15. The molecule has 2 aromatic heterocycles. The topological polar surface area (TPSA) is 64.1 Å². The van der Waals surface area contributed by atoms with Crippen molar-refractivity contribution in [3.05, 3.63) is 47.5 Å². The van der Waals surface area contributed by atoms with Gasteiger partial charge in [-0.2, -0.15) is 0 Å². The fraction of sp³-hybridized carbons (Fsp3) is 0.118. The van der Waals surface area contributed by atoms with E-state index < -0.39 is 0 Å². The van der Waals surface area contributed by atoms with Crippen molar-refractivity contribution in [2.24, 2.45) is 0 Å². The summed E-state index contributed by atoms with van der Waals surface area (Å²) in [6, 6.07) is 13.5. The lowest BCUT2D eigenvalue weighted by atomic mass is 10.3. The van der Waals surface area contributed by atoms with Gasteiger partial charge in [-0.1, -0.05) is 23.5 Å². The van der Waals surface area contributed by atoms with Crippen molar-refractivity contribution in [1.82, 2.24) is 9.97 Å². The van der Waals surface area contributed by atoms with Gasteiger partial charge in [-0.25, -0.2) is 9.97 Å². The summed E-state index contributed by atoms with van der Waals surface area (Å²) in [5, 5.41) is 4.25. The molecule has 0 aliphatic heterocycles. The van der Waals surface area contributed by atoms with Crippen LogP contribution in [0.4, 0.5) is 5.13 Å². The minimum Gasteiger partial charge on any atom is -0.497 e. The summed E-state index contributed by atoms with van der Waals surface area (Å²) in [5.41, 5.74) is 1.77. The maximum atomic E-state index is 12.3. The molecule has 0 spiro atoms. The zero-order valence-electron chi connectivity index (χ0n) is 12.8. The number of para-hydroxylation sites is 1. The minimum absolute atomic E-state index is 0.111. The van der Waals surface area contributed by atoms with Crippen LogP contribution in [0, 0.1) is 0 Å². The van der Waals surface area contributed by atoms with E-state index in [-0.39, 0.29) is 12.3 Å². The summed E-state index contributed by atoms with van der Waals surface area (Å²) in [7, 11) is 1.63. The van der Waals surface area contributed by atoms with Crippen LogP contribution in [0.5, 0.6) is 5.75 Å². The summed E-state index contributed by atoms with van der Waals surface area (Å²) < 4.78 is 7.27. The van der Waals surface area contributed by atoms with E-state index in [4.69, 9.17) is 4.74 Å². The lowest BCUT2D eigenvalue weighted by molar-refractivity contribution is -0.115. The molecule has 0 aliphatic carbocycles. The zero-order chi connectivity index (χ0) is 16.5. The Kier molecular flexibility index (Phi) is 3.87. The van der Waals surface area contributed by atoms with Crippen LogP contribution in [-0.4, -0.2) is 23.0 Å². The number of nitrogens with one attached hydrogen (secondary N) is 1. The summed E-state index contributed by atoms with van der Waals surface area (Å²) in [4.78, 5) is 21.2. The van der Waals surface area contributed by atoms with Gasteiger partial charge in [0.25, 0.3) is 0 Å². The van der Waals surface area contributed by atoms with Crippen molar-refractivity contribution in [2.75, 3.05) is 12.4 Å². The summed E-state index contributed by atoms with van der Waals surface area (Å²) in [5.74, 6) is 0.665. The van der Waals surface area contributed by atoms with Crippen LogP contribution in [-0.2, 0) is 11.2 Å². The third kappa shape index (κ3) is 2.95. The molecule has 0 bridgehead atoms. The lowest BCUT2D eigenvalue weighted by Crippen LogP contribution is -2.13. The normalized spacial score (nSPS) is 11.0. The molecule has 2 aromatic carbocycles. The largest absolute Gasteiger partial charge is 0.497 e. The van der Waals surface area contributed by atoms with Crippen LogP contribution in [0.15, 0.2) is 42.5 Å². The molecule has 120 valence electrons. The Morgan fingerprint density at radius 1 is 1.08 bits per heavy atom. The predicted octanol–water partition coefficient (Wildman–Crippen LogP) is 4.10. The fourth-order valence-corrected chi connectivity index (χ4v) is 4.26. The van der Waals surface area contributed by atoms with Crippen LogP contribution in [0.2, 0.25) is 0 Å². The van der Waals surface area contributed by atoms with Crippen LogP contribution in [0.3, 0.4) is 0 Å². The molecule has 0 saturated heterocycles. The molecule has 1 amide bonds. The van der Waals surface area contributed by atoms with E-state index in [1.165, 1.54) is 11.3 Å². The quantitative estimate of drug-likeness (QED) is 0.599. The molecule has 2 heterocycles. The van der Waals surface area contributed by atoms with Gasteiger partial charge < -0.3 is 10.1 Å². The Bertz CT molecular complexity index is 1010. The van der Waals surface area contributed by atoms with Gasteiger partial charge in [0, 0.05) is 0 Å². The van der Waals surface area contributed by atoms with E-state index in [9.17, 15) is 4.79 Å². The molecule has 4 rings (SSSR count). The molecule has 0 aliphatic rings. The third-order valence-corrected chi connectivity index (χ3v) is 5.46. The monoisotopic (exact) mass is 355 g/mol. The number of nitrogens with zero attached hydrogens (tertiary/aromatic N) is 2. The average Bonchev–Trinajstić information content (AvgIpc) is 3.15. The number of benzene rings is 2. The van der Waals surface area contributed by atoms with Crippen LogP contribution >= 0.6 is 22.7 Å². The van der Waals surface area contributed by atoms with E-state index >= 15 is 0 Å². The van der Waals surface area contributed by atoms with E-state index in [0.29, 0.717) is 5.13 Å². The van der Waals surface area contributed by atoms with Gasteiger partial charge in [0.1, 0.15) is 10.8 Å². The van der Waals surface area contributed by atoms with E-state index in [0.717, 1.165) is 31.2 Å². The molecule has 4 aromatic rings. The number of ether oxygens (including phenoxy) is 1. The second-order valence-corrected chi connectivity index (χ2v) is 7.30. The van der Waals surface area contributed by atoms with Gasteiger partial charge >= 0.3 is 0 Å². The van der Waals surface area contributed by atoms with Crippen LogP contribution < -0.4 is 10.1 Å². The van der Waals surface area contributed by atoms with E-state index in [1.54, 1.807) is 18.4 Å². The number of carbonyl (C=O) groups is 1. The smallest absolute Gasteiger partial charge is 0.233 e. The number of fused-ring (bicyclic) bond motifs is 2. The number of amides is 1. The summed E-state index contributed by atoms with van der Waals surface area (Å²) in [6.07, 6.45) is 0.249. The molecule has 1 N–H and O–H groups in total. The maximum Gasteiger partial charge on any atom is 0.233 e. The van der Waals surface area contributed by atoms with Crippen LogP contribution in [0.25, 0.3) is 20.4 Å². The molecule has 0 unspecified atom stereocenters. The fourth-order valence-electron chi connectivity index (χ4n) is 2.38. The first-order valence-corrected chi connectivity index (χ1v) is 8.93. The molecule has 0 atom stereocenters. The number of anilines is 1. The second kappa shape index (κ2) is 6.18. The molecule has 0 radical (unpaired) electrons. The number of methoxy groups -OCH3 is 1. The van der Waals surface area contributed by atoms with Crippen molar-refractivity contribution < 1.29 is 9.53 Å². The Hall–Kier alpha value is -2.51. The number of rotatable bonds is 4. The maximum absolute atomic E-state index is 12.3. The minimum atomic E-state index is -0.111. The van der Waals surface area contributed by atoms with Crippen molar-refractivity contribution >= 4 is 54.1 Å². The Morgan fingerprint density at radius 2 is 1.92 bits per heavy atom. The number of aromatic nitrogens is 2. The first-order chi connectivity index (χ1) is 11.7. The van der Waals surface area contributed by atoms with E-state index in [1.807, 2.05) is 42.5 Å². The van der Waals surface area contributed by atoms with Gasteiger partial charge in [-0.05, 0) is 30.3 Å². The highest BCUT2D eigenvalue weighted by molar-refractivity contribution is 7.22. The Morgan fingerprint density at radius 3 is 2.75 bits per heavy atom. The van der Waals surface area contributed by atoms with Crippen LogP contribution in [0.1, 0.15) is 5.01 Å². The van der Waals surface area contributed by atoms with Crippen molar-refractivity contribution in [3.63, 3.8) is 0 Å². The van der Waals surface area contributed by atoms with Gasteiger partial charge in [0.15, 0.2) is 5.13 Å². The average molecular weight is 355 g/mol. The predicted molar refractivity (Wildman–Crippen MR) is 98.1 cm³/mol. The van der Waals surface area contributed by atoms with Gasteiger partial charge in [0.2, 0.25) is 5.91 Å². The van der Waals surface area contributed by atoms with Crippen molar-refractivity contribution in [3.8, 4) is 5.75 Å². The lowest BCUT2D eigenvalue weighted by Gasteiger charge is -1.98. The Labute approximate surface area is 145 Å². The summed E-state index contributed by atoms with van der Waals surface area (Å²) in [6.45, 7) is 0. The van der Waals surface area contributed by atoms with Gasteiger partial charge in [-0.3, -0.25) is 4.79 Å². The zero-order valence-corrected chi connectivity index (χ0v) is 14.4. The molecular formula is C17H13N3O2S2. The highest BCUT2D eigenvalue weighted by Crippen LogP contribution is 2.29. The van der Waals surface area contributed by atoms with Crippen molar-refractivity contribution in [2.45, 2.75) is 6.42 Å². The Balaban J connectivity index is 1.51. The molecule has 0 saturated carbocycles. The molecule has 7 heteroatoms. The SMILES string of the molecule is COc1ccc2nc(NC(=O)Cc3nc4ccccc4s3)sc2c1. The standard InChI is InChI=1S/C17H13N3O2S2/c1-22-10-6-7-12-14(8-10)24-17(19-12)20-15(21)9-16-18-11-4-2-3-5-13(11)23-16/h2-8H,9H2,1H3,(H,19,20,21). The highest BCUT2D eigenvalue weighted by Gasteiger charge is 2.12. The number of hydrogen-bond acceptors (Lipinski definition) is 6. The molecule has 5 nitrogen and oxygen atoms in total. The molecular weight excluding hydrogens is 342 g/mol. The molecule has 24 heavy (non-hydrogen) atoms. The summed E-state index contributed by atoms with van der Waals surface area (Å²) >= 11 is 2.97. The first-order valence-electron chi connectivity index (χ1n) is 7.30. The highest BCUT2D eigenvalue weighted by atomic mass is 32.1. The first kappa shape index (κ1) is 15.0. The van der Waals surface area contributed by atoms with Gasteiger partial charge in [-0.15, -0.1) is 11.3 Å². The van der Waals surface area contributed by atoms with Gasteiger partial charge in [0.05, 0.1) is 34.0 Å².